The van der Waals surface area contributed by atoms with Gasteiger partial charge < -0.3 is 11.1 Å². The molecule has 1 unspecified atom stereocenters. The van der Waals surface area contributed by atoms with E-state index in [0.29, 0.717) is 10.7 Å². The number of nitrogens with two attached hydrogens (primary N) is 1. The monoisotopic (exact) mass is 292 g/mol. The van der Waals surface area contributed by atoms with Crippen molar-refractivity contribution in [2.24, 2.45) is 0 Å². The van der Waals surface area contributed by atoms with Gasteiger partial charge in [0, 0.05) is 10.7 Å². The van der Waals surface area contributed by atoms with E-state index in [4.69, 9.17) is 17.3 Å². The lowest BCUT2D eigenvalue weighted by Crippen LogP contribution is -2.19. The first-order valence-corrected chi connectivity index (χ1v) is 6.46. The lowest BCUT2D eigenvalue weighted by molar-refractivity contribution is -0.117. The number of nitrogen functional groups attached to an aromatic ring is 1. The molecule has 5 heteroatoms. The molecule has 2 aromatic rings. The third-order valence-corrected chi connectivity index (χ3v) is 3.23. The van der Waals surface area contributed by atoms with Gasteiger partial charge in [-0.1, -0.05) is 23.7 Å². The highest BCUT2D eigenvalue weighted by Gasteiger charge is 2.17. The number of carbonyl (C=O) groups excluding carboxylic acids is 1. The van der Waals surface area contributed by atoms with Crippen LogP contribution in [0.1, 0.15) is 18.4 Å². The van der Waals surface area contributed by atoms with Crippen molar-refractivity contribution < 1.29 is 9.18 Å². The molecule has 0 radical (unpaired) electrons. The van der Waals surface area contributed by atoms with Crippen molar-refractivity contribution in [1.82, 2.24) is 0 Å². The first-order chi connectivity index (χ1) is 9.47. The number of halogens is 2. The minimum Gasteiger partial charge on any atom is -0.399 e. The molecule has 3 nitrogen and oxygen atoms in total. The Morgan fingerprint density at radius 2 is 2.05 bits per heavy atom. The third-order valence-electron chi connectivity index (χ3n) is 2.99. The topological polar surface area (TPSA) is 55.1 Å². The maximum Gasteiger partial charge on any atom is 0.231 e. The average Bonchev–Trinajstić information content (AvgIpc) is 2.42. The highest BCUT2D eigenvalue weighted by molar-refractivity contribution is 6.30. The van der Waals surface area contributed by atoms with Crippen molar-refractivity contribution in [3.8, 4) is 0 Å². The molecule has 0 heterocycles. The summed E-state index contributed by atoms with van der Waals surface area (Å²) in [4.78, 5) is 12.1. The fourth-order valence-electron chi connectivity index (χ4n) is 1.81. The lowest BCUT2D eigenvalue weighted by atomic mass is 10.00. The third kappa shape index (κ3) is 3.27. The quantitative estimate of drug-likeness (QED) is 0.845. The number of amides is 1. The number of hydrogen-bond donors (Lipinski definition) is 2. The van der Waals surface area contributed by atoms with E-state index in [-0.39, 0.29) is 11.6 Å². The zero-order chi connectivity index (χ0) is 14.7. The molecule has 3 N–H and O–H groups in total. The largest absolute Gasteiger partial charge is 0.399 e. The predicted molar refractivity (Wildman–Crippen MR) is 79.3 cm³/mol. The first kappa shape index (κ1) is 14.3. The minimum atomic E-state index is -0.525. The Bertz CT molecular complexity index is 646. The van der Waals surface area contributed by atoms with Crippen LogP contribution >= 0.6 is 11.6 Å². The molecule has 1 amide bonds. The number of rotatable bonds is 3. The first-order valence-electron chi connectivity index (χ1n) is 6.08. The number of nitrogens with one attached hydrogen (secondary N) is 1. The van der Waals surface area contributed by atoms with Crippen LogP contribution in [0.4, 0.5) is 15.8 Å². The van der Waals surface area contributed by atoms with Gasteiger partial charge in [-0.3, -0.25) is 4.79 Å². The summed E-state index contributed by atoms with van der Waals surface area (Å²) in [7, 11) is 0. The Labute approximate surface area is 121 Å². The molecule has 0 spiro atoms. The Kier molecular flexibility index (Phi) is 4.25. The van der Waals surface area contributed by atoms with Gasteiger partial charge >= 0.3 is 0 Å². The lowest BCUT2D eigenvalue weighted by Gasteiger charge is -2.13. The summed E-state index contributed by atoms with van der Waals surface area (Å²) in [5.74, 6) is -1.30. The maximum absolute atomic E-state index is 13.6. The molecular formula is C15H14ClFN2O. The van der Waals surface area contributed by atoms with Crippen LogP contribution in [-0.2, 0) is 4.79 Å². The van der Waals surface area contributed by atoms with E-state index in [1.54, 1.807) is 31.2 Å². The van der Waals surface area contributed by atoms with Gasteiger partial charge in [0.2, 0.25) is 5.91 Å². The van der Waals surface area contributed by atoms with E-state index in [1.165, 1.54) is 18.2 Å². The van der Waals surface area contributed by atoms with Crippen molar-refractivity contribution in [3.63, 3.8) is 0 Å². The second-order valence-electron chi connectivity index (χ2n) is 4.51. The number of carbonyl (C=O) groups is 1. The second kappa shape index (κ2) is 5.92. The van der Waals surface area contributed by atoms with Gasteiger partial charge in [0.25, 0.3) is 0 Å². The van der Waals surface area contributed by atoms with E-state index >= 15 is 0 Å². The molecule has 0 bridgehead atoms. The smallest absolute Gasteiger partial charge is 0.231 e. The van der Waals surface area contributed by atoms with Crippen LogP contribution < -0.4 is 11.1 Å². The van der Waals surface area contributed by atoms with Gasteiger partial charge in [-0.15, -0.1) is 0 Å². The Balaban J connectivity index is 2.17. The molecule has 0 fully saturated rings. The molecule has 0 aliphatic heterocycles. The molecule has 0 aliphatic rings. The summed E-state index contributed by atoms with van der Waals surface area (Å²) >= 11 is 5.78. The summed E-state index contributed by atoms with van der Waals surface area (Å²) in [5.41, 5.74) is 7.10. The molecule has 104 valence electrons. The highest BCUT2D eigenvalue weighted by Crippen LogP contribution is 2.23. The van der Waals surface area contributed by atoms with Gasteiger partial charge in [0.05, 0.1) is 11.6 Å². The summed E-state index contributed by atoms with van der Waals surface area (Å²) < 4.78 is 13.6. The second-order valence-corrected chi connectivity index (χ2v) is 4.94. The molecule has 0 aromatic heterocycles. The molecular weight excluding hydrogens is 279 g/mol. The van der Waals surface area contributed by atoms with Crippen molar-refractivity contribution in [2.75, 3.05) is 11.1 Å². The van der Waals surface area contributed by atoms with E-state index in [0.717, 1.165) is 5.56 Å². The van der Waals surface area contributed by atoms with Crippen LogP contribution in [-0.4, -0.2) is 5.91 Å². The van der Waals surface area contributed by atoms with Gasteiger partial charge in [-0.05, 0) is 42.8 Å². The Hall–Kier alpha value is -2.07. The zero-order valence-corrected chi connectivity index (χ0v) is 11.6. The molecule has 1 atom stereocenters. The van der Waals surface area contributed by atoms with E-state index in [1.807, 2.05) is 0 Å². The number of benzene rings is 2. The van der Waals surface area contributed by atoms with Crippen molar-refractivity contribution >= 4 is 28.9 Å². The summed E-state index contributed by atoms with van der Waals surface area (Å²) in [5, 5.41) is 2.89. The zero-order valence-electron chi connectivity index (χ0n) is 10.9. The fourth-order valence-corrected chi connectivity index (χ4v) is 1.99. The predicted octanol–water partition coefficient (Wildman–Crippen LogP) is 3.80. The van der Waals surface area contributed by atoms with Crippen molar-refractivity contribution in [1.29, 1.82) is 0 Å². The van der Waals surface area contributed by atoms with Crippen LogP contribution in [0.3, 0.4) is 0 Å². The fraction of sp³-hybridized carbons (Fsp3) is 0.133. The van der Waals surface area contributed by atoms with E-state index in [9.17, 15) is 9.18 Å². The van der Waals surface area contributed by atoms with Gasteiger partial charge in [0.1, 0.15) is 5.82 Å². The standard InChI is InChI=1S/C15H14ClFN2O/c1-9(10-3-2-4-12(18)7-10)15(20)19-14-8-11(16)5-6-13(14)17/h2-9H,18H2,1H3,(H,19,20). The summed E-state index contributed by atoms with van der Waals surface area (Å²) in [6, 6.07) is 11.0. The minimum absolute atomic E-state index is 0.0678. The molecule has 0 saturated heterocycles. The molecule has 20 heavy (non-hydrogen) atoms. The molecule has 2 rings (SSSR count). The molecule has 0 saturated carbocycles. The van der Waals surface area contributed by atoms with Crippen LogP contribution in [0.5, 0.6) is 0 Å². The normalized spacial score (nSPS) is 11.9. The summed E-state index contributed by atoms with van der Waals surface area (Å²) in [6.45, 7) is 1.73. The van der Waals surface area contributed by atoms with Gasteiger partial charge in [0.15, 0.2) is 0 Å². The van der Waals surface area contributed by atoms with E-state index < -0.39 is 11.7 Å². The Morgan fingerprint density at radius 3 is 2.75 bits per heavy atom. The SMILES string of the molecule is CC(C(=O)Nc1cc(Cl)ccc1F)c1cccc(N)c1. The van der Waals surface area contributed by atoms with Crippen molar-refractivity contribution in [2.45, 2.75) is 12.8 Å². The van der Waals surface area contributed by atoms with Gasteiger partial charge in [-0.2, -0.15) is 0 Å². The molecule has 2 aromatic carbocycles. The van der Waals surface area contributed by atoms with E-state index in [2.05, 4.69) is 5.32 Å². The molecule has 0 aliphatic carbocycles. The van der Waals surface area contributed by atoms with Crippen molar-refractivity contribution in [3.05, 3.63) is 58.9 Å². The Morgan fingerprint density at radius 1 is 1.30 bits per heavy atom. The van der Waals surface area contributed by atoms with Crippen LogP contribution in [0, 0.1) is 5.82 Å². The summed E-state index contributed by atoms with van der Waals surface area (Å²) in [6.07, 6.45) is 0. The van der Waals surface area contributed by atoms with Crippen LogP contribution in [0.25, 0.3) is 0 Å². The number of hydrogen-bond acceptors (Lipinski definition) is 2. The number of anilines is 2. The van der Waals surface area contributed by atoms with Crippen LogP contribution in [0.15, 0.2) is 42.5 Å². The van der Waals surface area contributed by atoms with Gasteiger partial charge in [-0.25, -0.2) is 4.39 Å². The van der Waals surface area contributed by atoms with Crippen LogP contribution in [0.2, 0.25) is 5.02 Å². The maximum atomic E-state index is 13.6. The highest BCUT2D eigenvalue weighted by atomic mass is 35.5. The average molecular weight is 293 g/mol.